The van der Waals surface area contributed by atoms with Crippen LogP contribution in [0, 0.1) is 6.92 Å². The van der Waals surface area contributed by atoms with Crippen molar-refractivity contribution in [1.82, 2.24) is 9.97 Å². The fraction of sp³-hybridized carbons (Fsp3) is 0.125. The zero-order valence-electron chi connectivity index (χ0n) is 11.0. The van der Waals surface area contributed by atoms with Gasteiger partial charge in [0.2, 0.25) is 0 Å². The van der Waals surface area contributed by atoms with Crippen LogP contribution in [0.1, 0.15) is 11.3 Å². The Morgan fingerprint density at radius 3 is 2.70 bits per heavy atom. The van der Waals surface area contributed by atoms with Crippen molar-refractivity contribution in [1.29, 1.82) is 0 Å². The van der Waals surface area contributed by atoms with Crippen LogP contribution in [0.4, 0.5) is 0 Å². The summed E-state index contributed by atoms with van der Waals surface area (Å²) in [5.74, 6) is 0.834. The van der Waals surface area contributed by atoms with Gasteiger partial charge in [0.25, 0.3) is 0 Å². The van der Waals surface area contributed by atoms with Crippen LogP contribution in [0.5, 0.6) is 0 Å². The number of hydrogen-bond donors (Lipinski definition) is 0. The van der Waals surface area contributed by atoms with Crippen molar-refractivity contribution in [3.8, 4) is 0 Å². The van der Waals surface area contributed by atoms with E-state index in [4.69, 9.17) is 11.6 Å². The molecule has 0 aliphatic rings. The molecule has 3 rings (SSSR count). The molecule has 0 radical (unpaired) electrons. The summed E-state index contributed by atoms with van der Waals surface area (Å²) in [6, 6.07) is 16.5. The van der Waals surface area contributed by atoms with Crippen molar-refractivity contribution in [2.45, 2.75) is 17.8 Å². The Balaban J connectivity index is 1.87. The molecule has 1 aromatic heterocycles. The summed E-state index contributed by atoms with van der Waals surface area (Å²) in [5.41, 5.74) is 2.18. The minimum Gasteiger partial charge on any atom is -0.228 e. The second-order valence-corrected chi connectivity index (χ2v) is 5.87. The van der Waals surface area contributed by atoms with Crippen molar-refractivity contribution in [3.63, 3.8) is 0 Å². The maximum atomic E-state index is 5.96. The monoisotopic (exact) mass is 300 g/mol. The highest BCUT2D eigenvalue weighted by atomic mass is 35.5. The molecule has 0 aliphatic heterocycles. The first-order valence-electron chi connectivity index (χ1n) is 6.33. The number of thioether (sulfide) groups is 1. The van der Waals surface area contributed by atoms with Crippen LogP contribution in [0.25, 0.3) is 10.8 Å². The molecule has 0 unspecified atom stereocenters. The Labute approximate surface area is 127 Å². The normalized spacial score (nSPS) is 10.9. The third-order valence-electron chi connectivity index (χ3n) is 3.04. The van der Waals surface area contributed by atoms with Gasteiger partial charge in [0.05, 0.1) is 0 Å². The summed E-state index contributed by atoms with van der Waals surface area (Å²) >= 11 is 7.57. The molecule has 0 N–H and O–H groups in total. The van der Waals surface area contributed by atoms with E-state index in [1.807, 2.05) is 6.92 Å². The second-order valence-electron chi connectivity index (χ2n) is 4.54. The van der Waals surface area contributed by atoms with Crippen LogP contribution >= 0.6 is 23.4 Å². The number of benzene rings is 2. The molecule has 0 bridgehead atoms. The third kappa shape index (κ3) is 2.94. The van der Waals surface area contributed by atoms with E-state index in [9.17, 15) is 0 Å². The fourth-order valence-corrected chi connectivity index (χ4v) is 3.33. The minimum absolute atomic E-state index is 0.498. The van der Waals surface area contributed by atoms with E-state index in [0.29, 0.717) is 5.15 Å². The quantitative estimate of drug-likeness (QED) is 0.391. The molecule has 2 aromatic carbocycles. The molecular formula is C16H13ClN2S. The maximum absolute atomic E-state index is 5.96. The molecule has 0 aliphatic carbocycles. The van der Waals surface area contributed by atoms with Gasteiger partial charge in [-0.15, -0.1) is 0 Å². The van der Waals surface area contributed by atoms with Gasteiger partial charge in [-0.25, -0.2) is 9.97 Å². The summed E-state index contributed by atoms with van der Waals surface area (Å²) in [7, 11) is 0. The molecule has 3 aromatic rings. The largest absolute Gasteiger partial charge is 0.228 e. The van der Waals surface area contributed by atoms with Crippen molar-refractivity contribution >= 4 is 34.1 Å². The number of aromatic nitrogens is 2. The Bertz CT molecular complexity index is 733. The standard InChI is InChI=1S/C16H13ClN2S/c1-11-9-15(17)19-16(18-11)20-10-13-7-4-6-12-5-2-3-8-14(12)13/h2-9H,10H2,1H3. The topological polar surface area (TPSA) is 25.8 Å². The lowest BCUT2D eigenvalue weighted by Gasteiger charge is -2.06. The Hall–Kier alpha value is -1.58. The van der Waals surface area contributed by atoms with Crippen LogP contribution in [0.3, 0.4) is 0 Å². The molecule has 20 heavy (non-hydrogen) atoms. The third-order valence-corrected chi connectivity index (χ3v) is 4.13. The first-order chi connectivity index (χ1) is 9.72. The SMILES string of the molecule is Cc1cc(Cl)nc(SCc2cccc3ccccc23)n1. The van der Waals surface area contributed by atoms with Gasteiger partial charge in [0.1, 0.15) is 5.15 Å². The van der Waals surface area contributed by atoms with Crippen LogP contribution in [0.2, 0.25) is 5.15 Å². The molecule has 1 heterocycles. The van der Waals surface area contributed by atoms with Crippen LogP contribution in [-0.4, -0.2) is 9.97 Å². The molecule has 0 fully saturated rings. The van der Waals surface area contributed by atoms with Crippen molar-refractivity contribution in [2.75, 3.05) is 0 Å². The highest BCUT2D eigenvalue weighted by molar-refractivity contribution is 7.98. The number of hydrogen-bond acceptors (Lipinski definition) is 3. The van der Waals surface area contributed by atoms with E-state index >= 15 is 0 Å². The summed E-state index contributed by atoms with van der Waals surface area (Å²) < 4.78 is 0. The highest BCUT2D eigenvalue weighted by Crippen LogP contribution is 2.26. The molecule has 2 nitrogen and oxygen atoms in total. The zero-order valence-corrected chi connectivity index (χ0v) is 12.6. The fourth-order valence-electron chi connectivity index (χ4n) is 2.13. The number of fused-ring (bicyclic) bond motifs is 1. The predicted molar refractivity (Wildman–Crippen MR) is 85.3 cm³/mol. The van der Waals surface area contributed by atoms with Gasteiger partial charge in [0, 0.05) is 11.4 Å². The molecule has 100 valence electrons. The molecular weight excluding hydrogens is 288 g/mol. The van der Waals surface area contributed by atoms with E-state index in [2.05, 4.69) is 52.4 Å². The Morgan fingerprint density at radius 2 is 1.85 bits per heavy atom. The highest BCUT2D eigenvalue weighted by Gasteiger charge is 2.05. The van der Waals surface area contributed by atoms with E-state index in [1.165, 1.54) is 16.3 Å². The van der Waals surface area contributed by atoms with E-state index in [1.54, 1.807) is 17.8 Å². The molecule has 0 spiro atoms. The van der Waals surface area contributed by atoms with Crippen LogP contribution in [0.15, 0.2) is 53.7 Å². The van der Waals surface area contributed by atoms with Crippen molar-refractivity contribution < 1.29 is 0 Å². The second kappa shape index (κ2) is 5.81. The molecule has 0 saturated heterocycles. The average molecular weight is 301 g/mol. The van der Waals surface area contributed by atoms with Gasteiger partial charge >= 0.3 is 0 Å². The van der Waals surface area contributed by atoms with Crippen molar-refractivity contribution in [3.05, 3.63) is 64.9 Å². The number of rotatable bonds is 3. The average Bonchev–Trinajstić information content (AvgIpc) is 2.44. The van der Waals surface area contributed by atoms with Gasteiger partial charge in [-0.2, -0.15) is 0 Å². The first-order valence-corrected chi connectivity index (χ1v) is 7.69. The molecule has 0 amide bonds. The lowest BCUT2D eigenvalue weighted by Crippen LogP contribution is -1.91. The summed E-state index contributed by atoms with van der Waals surface area (Å²) in [6.07, 6.45) is 0. The van der Waals surface area contributed by atoms with Gasteiger partial charge in [0.15, 0.2) is 5.16 Å². The summed E-state index contributed by atoms with van der Waals surface area (Å²) in [5, 5.41) is 3.76. The minimum atomic E-state index is 0.498. The van der Waals surface area contributed by atoms with Gasteiger partial charge in [-0.1, -0.05) is 65.8 Å². The van der Waals surface area contributed by atoms with E-state index in [0.717, 1.165) is 16.6 Å². The first kappa shape index (κ1) is 13.4. The van der Waals surface area contributed by atoms with Gasteiger partial charge < -0.3 is 0 Å². The summed E-state index contributed by atoms with van der Waals surface area (Å²) in [6.45, 7) is 1.93. The van der Waals surface area contributed by atoms with Gasteiger partial charge in [-0.05, 0) is 29.3 Å². The molecule has 0 saturated carbocycles. The van der Waals surface area contributed by atoms with Crippen LogP contribution < -0.4 is 0 Å². The predicted octanol–water partition coefficient (Wildman–Crippen LogP) is 4.88. The van der Waals surface area contributed by atoms with Crippen LogP contribution in [-0.2, 0) is 5.75 Å². The lowest BCUT2D eigenvalue weighted by molar-refractivity contribution is 0.932. The Morgan fingerprint density at radius 1 is 1.05 bits per heavy atom. The van der Waals surface area contributed by atoms with E-state index < -0.39 is 0 Å². The Kier molecular flexibility index (Phi) is 3.90. The number of nitrogens with zero attached hydrogens (tertiary/aromatic N) is 2. The zero-order chi connectivity index (χ0) is 13.9. The molecule has 4 heteroatoms. The molecule has 0 atom stereocenters. The van der Waals surface area contributed by atoms with E-state index in [-0.39, 0.29) is 0 Å². The van der Waals surface area contributed by atoms with Crippen molar-refractivity contribution in [2.24, 2.45) is 0 Å². The number of halogens is 1. The lowest BCUT2D eigenvalue weighted by atomic mass is 10.1. The number of aryl methyl sites for hydroxylation is 1. The maximum Gasteiger partial charge on any atom is 0.189 e. The smallest absolute Gasteiger partial charge is 0.189 e. The van der Waals surface area contributed by atoms with Gasteiger partial charge in [-0.3, -0.25) is 0 Å². The summed E-state index contributed by atoms with van der Waals surface area (Å²) in [4.78, 5) is 8.64.